The summed E-state index contributed by atoms with van der Waals surface area (Å²) in [5.41, 5.74) is 1.00. The molecule has 1 aliphatic heterocycles. The lowest BCUT2D eigenvalue weighted by atomic mass is 10.2. The Labute approximate surface area is 162 Å². The molecule has 2 heterocycles. The monoisotopic (exact) mass is 426 g/mol. The van der Waals surface area contributed by atoms with Crippen LogP contribution < -0.4 is 0 Å². The number of likely N-dealkylation sites (N-methyl/N-ethyl adjacent to an activating group) is 1. The Kier molecular flexibility index (Phi) is 7.10. The summed E-state index contributed by atoms with van der Waals surface area (Å²) in [4.78, 5) is 15.4. The van der Waals surface area contributed by atoms with E-state index >= 15 is 0 Å². The first-order chi connectivity index (χ1) is 13.0. The van der Waals surface area contributed by atoms with Crippen molar-refractivity contribution in [3.8, 4) is 0 Å². The van der Waals surface area contributed by atoms with E-state index in [4.69, 9.17) is 9.90 Å². The van der Waals surface area contributed by atoms with Crippen LogP contribution in [0.4, 0.5) is 13.2 Å². The third-order valence-electron chi connectivity index (χ3n) is 4.80. The van der Waals surface area contributed by atoms with Crippen molar-refractivity contribution in [1.82, 2.24) is 18.8 Å². The Hall–Kier alpha value is -1.66. The van der Waals surface area contributed by atoms with Gasteiger partial charge in [0.05, 0.1) is 29.9 Å². The van der Waals surface area contributed by atoms with Gasteiger partial charge in [0.25, 0.3) is 0 Å². The molecule has 3 rings (SSSR count). The van der Waals surface area contributed by atoms with Crippen LogP contribution in [0.1, 0.15) is 38.4 Å². The number of imidazole rings is 1. The molecule has 0 amide bonds. The van der Waals surface area contributed by atoms with Gasteiger partial charge in [-0.2, -0.15) is 17.5 Å². The van der Waals surface area contributed by atoms with E-state index < -0.39 is 22.2 Å². The maximum atomic E-state index is 12.5. The third-order valence-corrected chi connectivity index (χ3v) is 7.12. The average Bonchev–Trinajstić information content (AvgIpc) is 3.38. The number of carboxylic acid groups (broad SMARTS) is 1. The molecule has 12 heteroatoms. The molecular formula is C16H25F3N4O4S. The van der Waals surface area contributed by atoms with Gasteiger partial charge in [-0.05, 0) is 25.9 Å². The van der Waals surface area contributed by atoms with Gasteiger partial charge in [-0.25, -0.2) is 18.2 Å². The minimum absolute atomic E-state index is 0.138. The zero-order chi connectivity index (χ0) is 21.1. The molecule has 1 aromatic heterocycles. The molecule has 0 spiro atoms. The molecule has 0 aromatic carbocycles. The molecule has 1 aliphatic carbocycles. The first-order valence-corrected chi connectivity index (χ1v) is 10.5. The van der Waals surface area contributed by atoms with Crippen LogP contribution in [0.5, 0.6) is 0 Å². The second kappa shape index (κ2) is 8.78. The van der Waals surface area contributed by atoms with Crippen molar-refractivity contribution in [3.63, 3.8) is 0 Å². The van der Waals surface area contributed by atoms with E-state index in [0.717, 1.165) is 38.2 Å². The van der Waals surface area contributed by atoms with Crippen LogP contribution in [0, 0.1) is 0 Å². The number of rotatable bonds is 6. The summed E-state index contributed by atoms with van der Waals surface area (Å²) in [6.45, 7) is 8.14. The summed E-state index contributed by atoms with van der Waals surface area (Å²) in [7, 11) is -3.12. The van der Waals surface area contributed by atoms with Crippen molar-refractivity contribution in [2.24, 2.45) is 0 Å². The van der Waals surface area contributed by atoms with Crippen LogP contribution in [0.3, 0.4) is 0 Å². The molecule has 1 aromatic rings. The van der Waals surface area contributed by atoms with E-state index in [-0.39, 0.29) is 11.3 Å². The largest absolute Gasteiger partial charge is 0.490 e. The summed E-state index contributed by atoms with van der Waals surface area (Å²) < 4.78 is 60.6. The molecule has 2 aliphatic rings. The van der Waals surface area contributed by atoms with Crippen molar-refractivity contribution in [2.75, 3.05) is 26.2 Å². The number of halogens is 3. The van der Waals surface area contributed by atoms with Crippen molar-refractivity contribution in [3.05, 3.63) is 18.2 Å². The fraction of sp³-hybridized carbons (Fsp3) is 0.750. The predicted octanol–water partition coefficient (Wildman–Crippen LogP) is 1.71. The standard InChI is InChI=1S/C14H24N4O2S.C2HF3O2/c1-3-16(4-2)8-13-10-17(21(19,20)14-5-6-14)9-12-7-15-11-18(12)13;3-2(4,5)1(6)7/h7,11,13-14H,3-6,8-10H2,1-2H3;(H,6,7). The van der Waals surface area contributed by atoms with E-state index in [1.807, 2.05) is 6.33 Å². The lowest BCUT2D eigenvalue weighted by molar-refractivity contribution is -0.192. The molecule has 0 bridgehead atoms. The third kappa shape index (κ3) is 5.45. The number of fused-ring (bicyclic) bond motifs is 1. The Morgan fingerprint density at radius 3 is 2.36 bits per heavy atom. The summed E-state index contributed by atoms with van der Waals surface area (Å²) >= 11 is 0. The number of alkyl halides is 3. The van der Waals surface area contributed by atoms with Gasteiger partial charge in [0.15, 0.2) is 0 Å². The van der Waals surface area contributed by atoms with Crippen molar-refractivity contribution >= 4 is 16.0 Å². The fourth-order valence-electron chi connectivity index (χ4n) is 3.05. The number of aliphatic carboxylic acids is 1. The molecule has 1 fully saturated rings. The van der Waals surface area contributed by atoms with Crippen LogP contribution in [0.15, 0.2) is 12.5 Å². The van der Waals surface area contributed by atoms with E-state index in [1.54, 1.807) is 10.5 Å². The summed E-state index contributed by atoms with van der Waals surface area (Å²) in [5.74, 6) is -2.76. The first-order valence-electron chi connectivity index (χ1n) is 9.02. The Morgan fingerprint density at radius 1 is 1.32 bits per heavy atom. The normalized spacial score (nSPS) is 20.4. The zero-order valence-corrected chi connectivity index (χ0v) is 16.6. The number of nitrogens with zero attached hydrogens (tertiary/aromatic N) is 4. The van der Waals surface area contributed by atoms with Crippen LogP contribution >= 0.6 is 0 Å². The van der Waals surface area contributed by atoms with Gasteiger partial charge in [-0.15, -0.1) is 0 Å². The van der Waals surface area contributed by atoms with Crippen LogP contribution in [0.2, 0.25) is 0 Å². The Bertz CT molecular complexity index is 773. The molecule has 0 saturated heterocycles. The lowest BCUT2D eigenvalue weighted by Crippen LogP contribution is -2.45. The summed E-state index contributed by atoms with van der Waals surface area (Å²) in [6.07, 6.45) is 0.187. The van der Waals surface area contributed by atoms with E-state index in [9.17, 15) is 21.6 Å². The number of aromatic nitrogens is 2. The smallest absolute Gasteiger partial charge is 0.475 e. The van der Waals surface area contributed by atoms with Gasteiger partial charge in [-0.3, -0.25) is 0 Å². The Balaban J connectivity index is 0.000000345. The molecule has 28 heavy (non-hydrogen) atoms. The molecule has 1 atom stereocenters. The number of sulfonamides is 1. The van der Waals surface area contributed by atoms with Crippen LogP contribution in [-0.4, -0.2) is 75.9 Å². The average molecular weight is 426 g/mol. The highest BCUT2D eigenvalue weighted by atomic mass is 32.2. The minimum atomic E-state index is -5.08. The molecule has 0 radical (unpaired) electrons. The van der Waals surface area contributed by atoms with Crippen molar-refractivity contribution in [1.29, 1.82) is 0 Å². The van der Waals surface area contributed by atoms with Crippen LogP contribution in [-0.2, 0) is 21.4 Å². The van der Waals surface area contributed by atoms with Gasteiger partial charge in [-0.1, -0.05) is 13.8 Å². The molecule has 1 N–H and O–H groups in total. The van der Waals surface area contributed by atoms with Gasteiger partial charge in [0.1, 0.15) is 0 Å². The SMILES string of the molecule is CCN(CC)CC1CN(S(=O)(=O)C2CC2)Cc2cncn21.O=C(O)C(F)(F)F. The number of carboxylic acids is 1. The lowest BCUT2D eigenvalue weighted by Gasteiger charge is -2.36. The fourth-order valence-corrected chi connectivity index (χ4v) is 4.89. The van der Waals surface area contributed by atoms with Crippen molar-refractivity contribution < 1.29 is 31.5 Å². The number of hydrogen-bond acceptors (Lipinski definition) is 5. The van der Waals surface area contributed by atoms with Crippen molar-refractivity contribution in [2.45, 2.75) is 50.7 Å². The van der Waals surface area contributed by atoms with Gasteiger partial charge < -0.3 is 14.6 Å². The van der Waals surface area contributed by atoms with E-state index in [2.05, 4.69) is 28.3 Å². The van der Waals surface area contributed by atoms with E-state index in [0.29, 0.717) is 13.1 Å². The molecule has 160 valence electrons. The van der Waals surface area contributed by atoms with Gasteiger partial charge in [0.2, 0.25) is 10.0 Å². The Morgan fingerprint density at radius 2 is 1.89 bits per heavy atom. The number of hydrogen-bond donors (Lipinski definition) is 1. The second-order valence-corrected chi connectivity index (χ2v) is 8.98. The second-order valence-electron chi connectivity index (χ2n) is 6.77. The number of carbonyl (C=O) groups is 1. The quantitative estimate of drug-likeness (QED) is 0.744. The zero-order valence-electron chi connectivity index (χ0n) is 15.8. The summed E-state index contributed by atoms with van der Waals surface area (Å²) in [6, 6.07) is 0.157. The molecule has 1 saturated carbocycles. The topological polar surface area (TPSA) is 95.7 Å². The molecule has 1 unspecified atom stereocenters. The minimum Gasteiger partial charge on any atom is -0.475 e. The maximum absolute atomic E-state index is 12.5. The highest BCUT2D eigenvalue weighted by Crippen LogP contribution is 2.34. The summed E-state index contributed by atoms with van der Waals surface area (Å²) in [5, 5.41) is 6.99. The van der Waals surface area contributed by atoms with Gasteiger partial charge >= 0.3 is 12.1 Å². The maximum Gasteiger partial charge on any atom is 0.490 e. The highest BCUT2D eigenvalue weighted by Gasteiger charge is 2.42. The van der Waals surface area contributed by atoms with Gasteiger partial charge in [0, 0.05) is 19.3 Å². The van der Waals surface area contributed by atoms with Crippen LogP contribution in [0.25, 0.3) is 0 Å². The van der Waals surface area contributed by atoms with E-state index in [1.165, 1.54) is 0 Å². The molecule has 8 nitrogen and oxygen atoms in total. The highest BCUT2D eigenvalue weighted by molar-refractivity contribution is 7.90. The molecular weight excluding hydrogens is 401 g/mol. The first kappa shape index (κ1) is 22.6. The predicted molar refractivity (Wildman–Crippen MR) is 95.1 cm³/mol.